The van der Waals surface area contributed by atoms with Crippen molar-refractivity contribution in [3.05, 3.63) is 29.8 Å². The summed E-state index contributed by atoms with van der Waals surface area (Å²) in [5, 5.41) is 0. The van der Waals surface area contributed by atoms with Crippen LogP contribution in [0.1, 0.15) is 37.3 Å². The molecular formula is C16H24N2O. The number of ether oxygens (including phenoxy) is 1. The number of hydrogen-bond acceptors (Lipinski definition) is 3. The minimum absolute atomic E-state index is 0.119. The molecule has 3 rings (SSSR count). The van der Waals surface area contributed by atoms with Crippen LogP contribution in [0.4, 0.5) is 0 Å². The SMILES string of the molecule is NC1c2ccccc2OCC1CN1CCCCCC1. The Kier molecular flexibility index (Phi) is 4.04. The second-order valence-electron chi connectivity index (χ2n) is 5.85. The van der Waals surface area contributed by atoms with Crippen molar-refractivity contribution in [2.24, 2.45) is 11.7 Å². The lowest BCUT2D eigenvalue weighted by molar-refractivity contribution is 0.140. The summed E-state index contributed by atoms with van der Waals surface area (Å²) < 4.78 is 5.87. The zero-order chi connectivity index (χ0) is 13.1. The molecule has 2 aliphatic rings. The Morgan fingerprint density at radius 3 is 2.63 bits per heavy atom. The summed E-state index contributed by atoms with van der Waals surface area (Å²) in [7, 11) is 0. The van der Waals surface area contributed by atoms with E-state index in [1.54, 1.807) is 0 Å². The molecule has 19 heavy (non-hydrogen) atoms. The number of fused-ring (bicyclic) bond motifs is 1. The number of hydrogen-bond donors (Lipinski definition) is 1. The summed E-state index contributed by atoms with van der Waals surface area (Å²) in [4.78, 5) is 2.58. The van der Waals surface area contributed by atoms with Crippen LogP contribution >= 0.6 is 0 Å². The highest BCUT2D eigenvalue weighted by Crippen LogP contribution is 2.34. The summed E-state index contributed by atoms with van der Waals surface area (Å²) >= 11 is 0. The van der Waals surface area contributed by atoms with Gasteiger partial charge in [0.25, 0.3) is 0 Å². The summed E-state index contributed by atoms with van der Waals surface area (Å²) in [6.45, 7) is 4.29. The molecule has 0 spiro atoms. The number of nitrogens with two attached hydrogens (primary N) is 1. The fourth-order valence-corrected chi connectivity index (χ4v) is 3.26. The molecule has 104 valence electrons. The Balaban J connectivity index is 1.66. The molecule has 3 nitrogen and oxygen atoms in total. The maximum Gasteiger partial charge on any atom is 0.124 e. The molecule has 3 heteroatoms. The van der Waals surface area contributed by atoms with Crippen LogP contribution in [0.5, 0.6) is 5.75 Å². The van der Waals surface area contributed by atoms with Crippen LogP contribution in [0, 0.1) is 5.92 Å². The number of para-hydroxylation sites is 1. The quantitative estimate of drug-likeness (QED) is 0.888. The number of rotatable bonds is 2. The Hall–Kier alpha value is -1.06. The van der Waals surface area contributed by atoms with Gasteiger partial charge in [-0.05, 0) is 32.0 Å². The van der Waals surface area contributed by atoms with Crippen molar-refractivity contribution in [2.45, 2.75) is 31.7 Å². The van der Waals surface area contributed by atoms with Crippen molar-refractivity contribution in [2.75, 3.05) is 26.2 Å². The van der Waals surface area contributed by atoms with Gasteiger partial charge in [-0.2, -0.15) is 0 Å². The van der Waals surface area contributed by atoms with Crippen molar-refractivity contribution in [1.82, 2.24) is 4.90 Å². The first-order valence-corrected chi connectivity index (χ1v) is 7.54. The molecule has 0 radical (unpaired) electrons. The lowest BCUT2D eigenvalue weighted by atomic mass is 9.91. The zero-order valence-electron chi connectivity index (χ0n) is 11.6. The molecule has 2 N–H and O–H groups in total. The van der Waals surface area contributed by atoms with Gasteiger partial charge in [0.05, 0.1) is 6.61 Å². The van der Waals surface area contributed by atoms with Crippen molar-refractivity contribution < 1.29 is 4.74 Å². The first-order valence-electron chi connectivity index (χ1n) is 7.54. The highest BCUT2D eigenvalue weighted by Gasteiger charge is 2.29. The monoisotopic (exact) mass is 260 g/mol. The molecule has 0 aliphatic carbocycles. The summed E-state index contributed by atoms with van der Waals surface area (Å²) in [6, 6.07) is 8.32. The summed E-state index contributed by atoms with van der Waals surface area (Å²) in [6.07, 6.45) is 5.43. The third-order valence-electron chi connectivity index (χ3n) is 4.43. The van der Waals surface area contributed by atoms with Gasteiger partial charge in [0, 0.05) is 24.1 Å². The molecule has 1 aromatic rings. The lowest BCUT2D eigenvalue weighted by Crippen LogP contribution is -2.40. The zero-order valence-corrected chi connectivity index (χ0v) is 11.6. The fraction of sp³-hybridized carbons (Fsp3) is 0.625. The molecular weight excluding hydrogens is 236 g/mol. The molecule has 2 atom stereocenters. The van der Waals surface area contributed by atoms with Crippen molar-refractivity contribution in [1.29, 1.82) is 0 Å². The standard InChI is InChI=1S/C16H24N2O/c17-16-13(11-18-9-5-1-2-6-10-18)12-19-15-8-4-3-7-14(15)16/h3-4,7-8,13,16H,1-2,5-6,9-12,17H2. The predicted octanol–water partition coefficient (Wildman–Crippen LogP) is 2.57. The topological polar surface area (TPSA) is 38.5 Å². The van der Waals surface area contributed by atoms with E-state index in [0.29, 0.717) is 5.92 Å². The van der Waals surface area contributed by atoms with E-state index in [1.165, 1.54) is 44.3 Å². The Morgan fingerprint density at radius 2 is 1.84 bits per heavy atom. The van der Waals surface area contributed by atoms with E-state index in [4.69, 9.17) is 10.5 Å². The van der Waals surface area contributed by atoms with E-state index in [1.807, 2.05) is 12.1 Å². The van der Waals surface area contributed by atoms with Crippen molar-refractivity contribution in [3.8, 4) is 5.75 Å². The molecule has 0 amide bonds. The fourth-order valence-electron chi connectivity index (χ4n) is 3.26. The van der Waals surface area contributed by atoms with Crippen LogP contribution in [-0.4, -0.2) is 31.1 Å². The largest absolute Gasteiger partial charge is 0.493 e. The van der Waals surface area contributed by atoms with Gasteiger partial charge in [0.2, 0.25) is 0 Å². The molecule has 0 bridgehead atoms. The second kappa shape index (κ2) is 5.93. The summed E-state index contributed by atoms with van der Waals surface area (Å²) in [5.41, 5.74) is 7.61. The molecule has 1 saturated heterocycles. The van der Waals surface area contributed by atoms with E-state index in [9.17, 15) is 0 Å². The maximum absolute atomic E-state index is 6.44. The average Bonchev–Trinajstić information content (AvgIpc) is 2.71. The van der Waals surface area contributed by atoms with Crippen LogP contribution in [0.15, 0.2) is 24.3 Å². The minimum atomic E-state index is 0.119. The maximum atomic E-state index is 6.44. The number of nitrogens with zero attached hydrogens (tertiary/aromatic N) is 1. The van der Waals surface area contributed by atoms with E-state index in [0.717, 1.165) is 18.9 Å². The van der Waals surface area contributed by atoms with Crippen molar-refractivity contribution in [3.63, 3.8) is 0 Å². The molecule has 1 aromatic carbocycles. The highest BCUT2D eigenvalue weighted by atomic mass is 16.5. The third-order valence-corrected chi connectivity index (χ3v) is 4.43. The summed E-state index contributed by atoms with van der Waals surface area (Å²) in [5.74, 6) is 1.40. The van der Waals surface area contributed by atoms with Gasteiger partial charge < -0.3 is 15.4 Å². The van der Waals surface area contributed by atoms with Gasteiger partial charge in [-0.25, -0.2) is 0 Å². The van der Waals surface area contributed by atoms with Crippen LogP contribution in [-0.2, 0) is 0 Å². The molecule has 0 aromatic heterocycles. The van der Waals surface area contributed by atoms with Crippen LogP contribution in [0.3, 0.4) is 0 Å². The Bertz CT molecular complexity index is 413. The third kappa shape index (κ3) is 2.93. The van der Waals surface area contributed by atoms with Crippen LogP contribution in [0.25, 0.3) is 0 Å². The van der Waals surface area contributed by atoms with Crippen LogP contribution in [0.2, 0.25) is 0 Å². The minimum Gasteiger partial charge on any atom is -0.493 e. The van der Waals surface area contributed by atoms with Gasteiger partial charge in [-0.1, -0.05) is 31.0 Å². The van der Waals surface area contributed by atoms with E-state index in [2.05, 4.69) is 17.0 Å². The normalized spacial score (nSPS) is 28.3. The molecule has 2 heterocycles. The highest BCUT2D eigenvalue weighted by molar-refractivity contribution is 5.37. The first-order chi connectivity index (χ1) is 9.34. The van der Waals surface area contributed by atoms with Gasteiger partial charge in [0.1, 0.15) is 5.75 Å². The average molecular weight is 260 g/mol. The van der Waals surface area contributed by atoms with E-state index in [-0.39, 0.29) is 6.04 Å². The van der Waals surface area contributed by atoms with Crippen LogP contribution < -0.4 is 10.5 Å². The lowest BCUT2D eigenvalue weighted by Gasteiger charge is -2.34. The molecule has 1 fully saturated rings. The Morgan fingerprint density at radius 1 is 1.11 bits per heavy atom. The number of likely N-dealkylation sites (tertiary alicyclic amines) is 1. The molecule has 2 aliphatic heterocycles. The predicted molar refractivity (Wildman–Crippen MR) is 77.3 cm³/mol. The Labute approximate surface area is 115 Å². The smallest absolute Gasteiger partial charge is 0.124 e. The molecule has 2 unspecified atom stereocenters. The van der Waals surface area contributed by atoms with Crippen molar-refractivity contribution >= 4 is 0 Å². The molecule has 0 saturated carbocycles. The second-order valence-corrected chi connectivity index (χ2v) is 5.85. The first kappa shape index (κ1) is 12.9. The van der Waals surface area contributed by atoms with E-state index < -0.39 is 0 Å². The van der Waals surface area contributed by atoms with Gasteiger partial charge in [0.15, 0.2) is 0 Å². The van der Waals surface area contributed by atoms with Gasteiger partial charge in [-0.3, -0.25) is 0 Å². The number of benzene rings is 1. The van der Waals surface area contributed by atoms with E-state index >= 15 is 0 Å². The van der Waals surface area contributed by atoms with Gasteiger partial charge >= 0.3 is 0 Å². The van der Waals surface area contributed by atoms with Gasteiger partial charge in [-0.15, -0.1) is 0 Å².